The Labute approximate surface area is 221 Å². The molecule has 2 aliphatic heterocycles. The van der Waals surface area contributed by atoms with Crippen molar-refractivity contribution in [2.24, 2.45) is 0 Å². The van der Waals surface area contributed by atoms with Gasteiger partial charge >= 0.3 is 0 Å². The molecule has 2 fully saturated rings. The number of nitrogens with one attached hydrogen (secondary N) is 2. The van der Waals surface area contributed by atoms with E-state index in [4.69, 9.17) is 47.6 Å². The zero-order chi connectivity index (χ0) is 24.6. The molecule has 2 aliphatic rings. The summed E-state index contributed by atoms with van der Waals surface area (Å²) in [5, 5.41) is 2.44. The lowest BCUT2D eigenvalue weighted by Crippen LogP contribution is -2.45. The molecule has 172 valence electrons. The van der Waals surface area contributed by atoms with E-state index in [-0.39, 0.29) is 29.6 Å². The van der Waals surface area contributed by atoms with E-state index in [9.17, 15) is 19.2 Å². The number of thioether (sulfide) groups is 2. The maximum absolute atomic E-state index is 13.0. The van der Waals surface area contributed by atoms with Crippen LogP contribution in [0.3, 0.4) is 0 Å². The van der Waals surface area contributed by atoms with E-state index >= 15 is 0 Å². The summed E-state index contributed by atoms with van der Waals surface area (Å²) in [5.74, 6) is -2.62. The molecule has 8 nitrogen and oxygen atoms in total. The number of carbonyl (C=O) groups is 4. The first kappa shape index (κ1) is 24.6. The van der Waals surface area contributed by atoms with Gasteiger partial charge in [-0.3, -0.25) is 30.0 Å². The number of thiocarbonyl (C=S) groups is 2. The van der Waals surface area contributed by atoms with Gasteiger partial charge in [-0.05, 0) is 60.8 Å². The summed E-state index contributed by atoms with van der Waals surface area (Å²) in [6, 6.07) is 12.3. The molecule has 0 unspecified atom stereocenters. The third kappa shape index (κ3) is 4.97. The van der Waals surface area contributed by atoms with Crippen molar-refractivity contribution in [1.29, 1.82) is 0 Å². The average Bonchev–Trinajstić information content (AvgIpc) is 3.23. The minimum absolute atomic E-state index is 0.0172. The molecule has 4 amide bonds. The monoisotopic (exact) mass is 568 g/mol. The minimum Gasteiger partial charge on any atom is -0.267 e. The van der Waals surface area contributed by atoms with Crippen LogP contribution in [0.15, 0.2) is 58.3 Å². The van der Waals surface area contributed by atoms with Crippen LogP contribution in [0.1, 0.15) is 20.7 Å². The Hall–Kier alpha value is -2.48. The summed E-state index contributed by atoms with van der Waals surface area (Å²) in [4.78, 5) is 50.9. The Bertz CT molecular complexity index is 1230. The van der Waals surface area contributed by atoms with E-state index in [1.54, 1.807) is 24.3 Å². The molecule has 34 heavy (non-hydrogen) atoms. The van der Waals surface area contributed by atoms with Crippen molar-refractivity contribution in [3.63, 3.8) is 0 Å². The molecule has 0 aliphatic carbocycles. The van der Waals surface area contributed by atoms with Crippen LogP contribution < -0.4 is 10.9 Å². The molecule has 0 bridgehead atoms. The maximum Gasteiger partial charge on any atom is 0.286 e. The normalized spacial score (nSPS) is 18.1. The van der Waals surface area contributed by atoms with Crippen LogP contribution >= 0.6 is 71.2 Å². The lowest BCUT2D eigenvalue weighted by molar-refractivity contribution is -0.126. The summed E-state index contributed by atoms with van der Waals surface area (Å²) in [5.41, 5.74) is 5.26. The molecule has 0 atom stereocenters. The largest absolute Gasteiger partial charge is 0.286 e. The number of amides is 4. The van der Waals surface area contributed by atoms with Gasteiger partial charge in [-0.1, -0.05) is 58.9 Å². The van der Waals surface area contributed by atoms with Crippen molar-refractivity contribution in [3.05, 3.63) is 79.5 Å². The lowest BCUT2D eigenvalue weighted by Gasteiger charge is -2.16. The molecule has 2 N–H and O–H groups in total. The number of benzene rings is 2. The predicted molar refractivity (Wildman–Crippen MR) is 139 cm³/mol. The molecular weight excluding hydrogens is 559 g/mol. The summed E-state index contributed by atoms with van der Waals surface area (Å²) < 4.78 is 0.0345. The fraction of sp³-hybridized carbons (Fsp3) is 0. The van der Waals surface area contributed by atoms with Gasteiger partial charge in [-0.25, -0.2) is 0 Å². The second-order valence-corrected chi connectivity index (χ2v) is 10.7. The fourth-order valence-electron chi connectivity index (χ4n) is 2.79. The highest BCUT2D eigenvalue weighted by Crippen LogP contribution is 2.41. The van der Waals surface area contributed by atoms with Crippen LogP contribution in [-0.2, 0) is 9.59 Å². The third-order valence-corrected chi connectivity index (χ3v) is 7.69. The molecule has 0 aromatic heterocycles. The van der Waals surface area contributed by atoms with Gasteiger partial charge in [0.25, 0.3) is 23.6 Å². The molecule has 2 saturated heterocycles. The molecule has 0 saturated carbocycles. The van der Waals surface area contributed by atoms with Gasteiger partial charge in [0, 0.05) is 21.2 Å². The SMILES string of the molecule is O=C(NN1C(=O)C(=C2SC(=S)N(NC(=O)c3cccc(Cl)c3)C2=O)SC1=S)c1cccc(Cl)c1. The minimum atomic E-state index is -0.702. The standard InChI is InChI=1S/C20H10Cl2N4O4S4/c21-11-5-1-3-9(7-11)15(27)23-25-17(29)13(33-19(25)31)14-18(30)26(20(32)34-14)24-16(28)10-4-2-6-12(22)8-10/h1-8H,(H,23,27)(H,24,28). The zero-order valence-electron chi connectivity index (χ0n) is 16.5. The number of nitrogens with zero attached hydrogens (tertiary/aromatic N) is 2. The number of hydrogen-bond donors (Lipinski definition) is 2. The fourth-order valence-corrected chi connectivity index (χ4v) is 5.69. The van der Waals surface area contributed by atoms with Gasteiger partial charge < -0.3 is 0 Å². The van der Waals surface area contributed by atoms with E-state index in [1.165, 1.54) is 24.3 Å². The number of hydrazine groups is 2. The Morgan fingerprint density at radius 3 is 1.47 bits per heavy atom. The average molecular weight is 569 g/mol. The first-order chi connectivity index (χ1) is 16.2. The molecule has 2 aromatic carbocycles. The molecular formula is C20H10Cl2N4O4S4. The summed E-state index contributed by atoms with van der Waals surface area (Å²) in [6.07, 6.45) is 0. The topological polar surface area (TPSA) is 98.8 Å². The predicted octanol–water partition coefficient (Wildman–Crippen LogP) is 3.92. The van der Waals surface area contributed by atoms with Gasteiger partial charge in [0.1, 0.15) is 9.81 Å². The number of halogens is 2. The van der Waals surface area contributed by atoms with Crippen molar-refractivity contribution in [3.8, 4) is 0 Å². The first-order valence-electron chi connectivity index (χ1n) is 9.15. The van der Waals surface area contributed by atoms with Gasteiger partial charge in [-0.15, -0.1) is 0 Å². The van der Waals surface area contributed by atoms with Crippen molar-refractivity contribution in [1.82, 2.24) is 20.9 Å². The van der Waals surface area contributed by atoms with Crippen molar-refractivity contribution < 1.29 is 19.2 Å². The van der Waals surface area contributed by atoms with Crippen molar-refractivity contribution in [2.45, 2.75) is 0 Å². The Morgan fingerprint density at radius 1 is 0.735 bits per heavy atom. The van der Waals surface area contributed by atoms with Crippen molar-refractivity contribution in [2.75, 3.05) is 0 Å². The molecule has 14 heteroatoms. The summed E-state index contributed by atoms with van der Waals surface area (Å²) >= 11 is 23.9. The van der Waals surface area contributed by atoms with Crippen LogP contribution in [0.2, 0.25) is 10.0 Å². The van der Waals surface area contributed by atoms with Crippen LogP contribution in [0.5, 0.6) is 0 Å². The van der Waals surface area contributed by atoms with Gasteiger partial charge in [0.15, 0.2) is 8.64 Å². The molecule has 0 radical (unpaired) electrons. The number of rotatable bonds is 4. The third-order valence-electron chi connectivity index (χ3n) is 4.35. The smallest absolute Gasteiger partial charge is 0.267 e. The highest BCUT2D eigenvalue weighted by atomic mass is 35.5. The zero-order valence-corrected chi connectivity index (χ0v) is 21.3. The van der Waals surface area contributed by atoms with E-state index < -0.39 is 23.6 Å². The lowest BCUT2D eigenvalue weighted by atomic mass is 10.2. The van der Waals surface area contributed by atoms with Crippen molar-refractivity contribution >= 4 is 103 Å². The number of carbonyl (C=O) groups excluding carboxylic acids is 4. The van der Waals surface area contributed by atoms with Gasteiger partial charge in [-0.2, -0.15) is 10.0 Å². The Balaban J connectivity index is 1.52. The van der Waals surface area contributed by atoms with E-state index in [2.05, 4.69) is 10.9 Å². The molecule has 2 heterocycles. The molecule has 0 spiro atoms. The second-order valence-electron chi connectivity index (χ2n) is 6.58. The molecule has 4 rings (SSSR count). The highest BCUT2D eigenvalue weighted by Gasteiger charge is 2.43. The van der Waals surface area contributed by atoms with Gasteiger partial charge in [0.05, 0.1) is 0 Å². The highest BCUT2D eigenvalue weighted by molar-refractivity contribution is 8.29. The van der Waals surface area contributed by atoms with Crippen LogP contribution in [0.25, 0.3) is 0 Å². The Kier molecular flexibility index (Phi) is 7.26. The van der Waals surface area contributed by atoms with Crippen LogP contribution in [0.4, 0.5) is 0 Å². The number of hydrogen-bond acceptors (Lipinski definition) is 8. The molecule has 2 aromatic rings. The Morgan fingerprint density at radius 2 is 1.12 bits per heavy atom. The second kappa shape index (κ2) is 10.0. The first-order valence-corrected chi connectivity index (χ1v) is 12.4. The summed E-state index contributed by atoms with van der Waals surface area (Å²) in [7, 11) is 0. The maximum atomic E-state index is 13.0. The van der Waals surface area contributed by atoms with Crippen LogP contribution in [-0.4, -0.2) is 42.3 Å². The van der Waals surface area contributed by atoms with Gasteiger partial charge in [0.2, 0.25) is 0 Å². The quantitative estimate of drug-likeness (QED) is 0.423. The summed E-state index contributed by atoms with van der Waals surface area (Å²) in [6.45, 7) is 0. The van der Waals surface area contributed by atoms with E-state index in [1.807, 2.05) is 0 Å². The van der Waals surface area contributed by atoms with E-state index in [0.29, 0.717) is 10.0 Å². The van der Waals surface area contributed by atoms with Crippen LogP contribution in [0, 0.1) is 0 Å². The van der Waals surface area contributed by atoms with E-state index in [0.717, 1.165) is 33.5 Å².